The number of unbranched alkanes of at least 4 members (excludes halogenated alkanes) is 1. The fourth-order valence-electron chi connectivity index (χ4n) is 2.88. The standard InChI is InChI=1S/C22H26F3N3O5S/c1-2-3-11-34(30,31)28-17(14-32-19-6-4-5-16(13-19)20(26)27)12-15-7-9-18(10-8-15)33-21(29)22(23,24)25/h4-10,13,17,28H,2-3,11-12,14H2,1H3,(H3,26,27)/t17-/m0/s1. The molecule has 12 heteroatoms. The van der Waals surface area contributed by atoms with Gasteiger partial charge >= 0.3 is 12.1 Å². The second kappa shape index (κ2) is 11.8. The van der Waals surface area contributed by atoms with Crippen LogP contribution in [0.5, 0.6) is 11.5 Å². The summed E-state index contributed by atoms with van der Waals surface area (Å²) in [5.41, 5.74) is 6.50. The van der Waals surface area contributed by atoms with Crippen LogP contribution in [0.15, 0.2) is 48.5 Å². The normalized spacial score (nSPS) is 12.7. The maximum Gasteiger partial charge on any atom is 0.491 e. The van der Waals surface area contributed by atoms with Crippen molar-refractivity contribution in [2.24, 2.45) is 5.73 Å². The van der Waals surface area contributed by atoms with E-state index < -0.39 is 28.2 Å². The Morgan fingerprint density at radius 2 is 1.82 bits per heavy atom. The van der Waals surface area contributed by atoms with Crippen LogP contribution in [0, 0.1) is 5.41 Å². The maximum atomic E-state index is 12.4. The number of alkyl halides is 3. The predicted octanol–water partition coefficient (Wildman–Crippen LogP) is 3.15. The van der Waals surface area contributed by atoms with Crippen molar-refractivity contribution in [3.05, 3.63) is 59.7 Å². The van der Waals surface area contributed by atoms with Gasteiger partial charge in [-0.1, -0.05) is 37.6 Å². The zero-order valence-corrected chi connectivity index (χ0v) is 19.2. The number of carbonyl (C=O) groups excluding carboxylic acids is 1. The Morgan fingerprint density at radius 3 is 2.41 bits per heavy atom. The topological polar surface area (TPSA) is 132 Å². The molecule has 0 heterocycles. The lowest BCUT2D eigenvalue weighted by atomic mass is 10.1. The molecule has 186 valence electrons. The lowest BCUT2D eigenvalue weighted by molar-refractivity contribution is -0.189. The molecule has 0 aliphatic heterocycles. The minimum atomic E-state index is -5.11. The lowest BCUT2D eigenvalue weighted by Crippen LogP contribution is -2.41. The molecule has 0 aliphatic carbocycles. The van der Waals surface area contributed by atoms with Gasteiger partial charge in [0.25, 0.3) is 0 Å². The number of carbonyl (C=O) groups is 1. The van der Waals surface area contributed by atoms with Crippen molar-refractivity contribution in [2.45, 2.75) is 38.4 Å². The number of amidine groups is 1. The Balaban J connectivity index is 2.13. The first-order valence-electron chi connectivity index (χ1n) is 10.3. The Kier molecular flexibility index (Phi) is 9.45. The fourth-order valence-corrected chi connectivity index (χ4v) is 4.32. The molecule has 2 aromatic rings. The number of nitrogens with one attached hydrogen (secondary N) is 2. The number of hydrogen-bond acceptors (Lipinski definition) is 6. The summed E-state index contributed by atoms with van der Waals surface area (Å²) in [5, 5.41) is 7.51. The van der Waals surface area contributed by atoms with Gasteiger partial charge in [-0.2, -0.15) is 13.2 Å². The summed E-state index contributed by atoms with van der Waals surface area (Å²) in [4.78, 5) is 11.0. The third-order valence-electron chi connectivity index (χ3n) is 4.56. The van der Waals surface area contributed by atoms with Crippen LogP contribution >= 0.6 is 0 Å². The van der Waals surface area contributed by atoms with Crippen LogP contribution in [0.1, 0.15) is 30.9 Å². The van der Waals surface area contributed by atoms with E-state index in [2.05, 4.69) is 9.46 Å². The molecule has 0 aromatic heterocycles. The van der Waals surface area contributed by atoms with Gasteiger partial charge in [0.05, 0.1) is 11.8 Å². The quantitative estimate of drug-likeness (QED) is 0.177. The van der Waals surface area contributed by atoms with Gasteiger partial charge in [0, 0.05) is 5.56 Å². The summed E-state index contributed by atoms with van der Waals surface area (Å²) in [6.07, 6.45) is -3.79. The average Bonchev–Trinajstić information content (AvgIpc) is 2.76. The van der Waals surface area contributed by atoms with Gasteiger partial charge in [0.2, 0.25) is 10.0 Å². The number of benzene rings is 2. The summed E-state index contributed by atoms with van der Waals surface area (Å²) in [6.45, 7) is 1.81. The fraction of sp³-hybridized carbons (Fsp3) is 0.364. The molecule has 0 saturated carbocycles. The van der Waals surface area contributed by atoms with Crippen LogP contribution in [0.2, 0.25) is 0 Å². The summed E-state index contributed by atoms with van der Waals surface area (Å²) >= 11 is 0. The highest BCUT2D eigenvalue weighted by Gasteiger charge is 2.41. The van der Waals surface area contributed by atoms with Gasteiger partial charge in [-0.15, -0.1) is 0 Å². The zero-order valence-electron chi connectivity index (χ0n) is 18.4. The molecule has 0 saturated heterocycles. The van der Waals surface area contributed by atoms with Gasteiger partial charge in [-0.3, -0.25) is 5.41 Å². The predicted molar refractivity (Wildman–Crippen MR) is 120 cm³/mol. The highest BCUT2D eigenvalue weighted by Crippen LogP contribution is 2.21. The van der Waals surface area contributed by atoms with Crippen LogP contribution in [-0.2, 0) is 21.2 Å². The van der Waals surface area contributed by atoms with Crippen LogP contribution in [0.3, 0.4) is 0 Å². The van der Waals surface area contributed by atoms with Crippen molar-refractivity contribution < 1.29 is 35.9 Å². The molecular weight excluding hydrogens is 475 g/mol. The van der Waals surface area contributed by atoms with E-state index in [9.17, 15) is 26.4 Å². The van der Waals surface area contributed by atoms with Crippen LogP contribution in [-0.4, -0.2) is 44.8 Å². The van der Waals surface area contributed by atoms with Crippen LogP contribution in [0.4, 0.5) is 13.2 Å². The number of halogens is 3. The minimum Gasteiger partial charge on any atom is -0.492 e. The smallest absolute Gasteiger partial charge is 0.491 e. The molecule has 1 atom stereocenters. The average molecular weight is 502 g/mol. The monoisotopic (exact) mass is 501 g/mol. The number of hydrogen-bond donors (Lipinski definition) is 3. The molecule has 0 spiro atoms. The highest BCUT2D eigenvalue weighted by atomic mass is 32.2. The van der Waals surface area contributed by atoms with Gasteiger partial charge in [-0.05, 0) is 42.7 Å². The molecule has 4 N–H and O–H groups in total. The number of sulfonamides is 1. The number of nitrogens with two attached hydrogens (primary N) is 1. The lowest BCUT2D eigenvalue weighted by Gasteiger charge is -2.20. The Morgan fingerprint density at radius 1 is 1.15 bits per heavy atom. The molecule has 2 rings (SSSR count). The Labute approximate surface area is 195 Å². The first-order chi connectivity index (χ1) is 15.9. The Hall–Kier alpha value is -3.12. The van der Waals surface area contributed by atoms with Gasteiger partial charge in [0.15, 0.2) is 0 Å². The zero-order chi connectivity index (χ0) is 25.4. The van der Waals surface area contributed by atoms with Gasteiger partial charge in [0.1, 0.15) is 23.9 Å². The number of esters is 1. The third-order valence-corrected chi connectivity index (χ3v) is 6.08. The highest BCUT2D eigenvalue weighted by molar-refractivity contribution is 7.89. The summed E-state index contributed by atoms with van der Waals surface area (Å²) in [6, 6.07) is 11.0. The van der Waals surface area contributed by atoms with E-state index in [0.29, 0.717) is 29.7 Å². The summed E-state index contributed by atoms with van der Waals surface area (Å²) < 4.78 is 74.5. The van der Waals surface area contributed by atoms with E-state index in [1.54, 1.807) is 24.3 Å². The molecule has 0 aliphatic rings. The van der Waals surface area contributed by atoms with Crippen molar-refractivity contribution in [2.75, 3.05) is 12.4 Å². The molecule has 0 bridgehead atoms. The first-order valence-corrected chi connectivity index (χ1v) is 12.0. The van der Waals surface area contributed by atoms with Crippen molar-refractivity contribution in [1.29, 1.82) is 5.41 Å². The number of nitrogen functional groups attached to an aromatic ring is 1. The second-order valence-corrected chi connectivity index (χ2v) is 9.35. The van der Waals surface area contributed by atoms with Crippen molar-refractivity contribution in [1.82, 2.24) is 4.72 Å². The van der Waals surface area contributed by atoms with Crippen molar-refractivity contribution in [3.63, 3.8) is 0 Å². The van der Waals surface area contributed by atoms with E-state index in [1.807, 2.05) is 6.92 Å². The van der Waals surface area contributed by atoms with Gasteiger partial charge < -0.3 is 15.2 Å². The van der Waals surface area contributed by atoms with E-state index in [1.165, 1.54) is 24.3 Å². The molecule has 0 unspecified atom stereocenters. The maximum absolute atomic E-state index is 12.4. The molecule has 2 aromatic carbocycles. The molecule has 8 nitrogen and oxygen atoms in total. The van der Waals surface area contributed by atoms with E-state index in [-0.39, 0.29) is 30.4 Å². The molecule has 0 fully saturated rings. The molecule has 0 radical (unpaired) electrons. The van der Waals surface area contributed by atoms with Crippen molar-refractivity contribution in [3.8, 4) is 11.5 Å². The van der Waals surface area contributed by atoms with Crippen LogP contribution < -0.4 is 19.9 Å². The SMILES string of the molecule is CCCCS(=O)(=O)N[C@H](COc1cccc(C(=N)N)c1)Cc1ccc(OC(=O)C(F)(F)F)cc1. The van der Waals surface area contributed by atoms with Crippen LogP contribution in [0.25, 0.3) is 0 Å². The van der Waals surface area contributed by atoms with E-state index >= 15 is 0 Å². The Bertz CT molecular complexity index is 1090. The first kappa shape index (κ1) is 27.1. The molecular formula is C22H26F3N3O5S. The molecule has 34 heavy (non-hydrogen) atoms. The summed E-state index contributed by atoms with van der Waals surface area (Å²) in [7, 11) is -3.61. The second-order valence-electron chi connectivity index (χ2n) is 7.48. The largest absolute Gasteiger partial charge is 0.492 e. The van der Waals surface area contributed by atoms with E-state index in [4.69, 9.17) is 15.9 Å². The number of ether oxygens (including phenoxy) is 2. The van der Waals surface area contributed by atoms with Crippen molar-refractivity contribution >= 4 is 21.8 Å². The summed E-state index contributed by atoms with van der Waals surface area (Å²) in [5.74, 6) is -2.44. The van der Waals surface area contributed by atoms with Gasteiger partial charge in [-0.25, -0.2) is 17.9 Å². The minimum absolute atomic E-state index is 0.0580. The van der Waals surface area contributed by atoms with E-state index in [0.717, 1.165) is 0 Å². The number of rotatable bonds is 12. The third kappa shape index (κ3) is 9.02. The molecule has 0 amide bonds.